The van der Waals surface area contributed by atoms with Crippen LogP contribution in [-0.4, -0.2) is 23.6 Å². The summed E-state index contributed by atoms with van der Waals surface area (Å²) in [6.45, 7) is 7.99. The molecule has 3 aromatic carbocycles. The minimum absolute atomic E-state index is 0.173. The van der Waals surface area contributed by atoms with Crippen LogP contribution in [0.3, 0.4) is 0 Å². The van der Waals surface area contributed by atoms with Crippen LogP contribution in [0.15, 0.2) is 84.5 Å². The van der Waals surface area contributed by atoms with E-state index in [2.05, 4.69) is 24.3 Å². The smallest absolute Gasteiger partial charge is 0.238 e. The Morgan fingerprint density at radius 3 is 1.75 bits per heavy atom. The molecule has 6 heteroatoms. The second-order valence-corrected chi connectivity index (χ2v) is 13.3. The standard InChI is InChI=1S/C38H34N2O4/c1-19-10-12-24(16-21(19)3)39-35(41)29-18-28(23-8-6-5-7-9-23)30-26-14-15-27(31(30)34(29)38(39)44)33-32(26)36(42)40(37(33)43)25-13-11-20(2)22(4)17-25/h5-17,26-27,29,31-34H,18H2,1-4H3/t26-,27-,29+,31-,32+,33+,34+/m0/s1. The largest absolute Gasteiger partial charge is 0.274 e. The van der Waals surface area contributed by atoms with Gasteiger partial charge in [-0.2, -0.15) is 0 Å². The van der Waals surface area contributed by atoms with Crippen LogP contribution in [0.1, 0.15) is 34.2 Å². The number of rotatable bonds is 3. The molecule has 6 aliphatic rings. The van der Waals surface area contributed by atoms with Crippen molar-refractivity contribution in [1.82, 2.24) is 0 Å². The van der Waals surface area contributed by atoms with Crippen molar-refractivity contribution in [3.8, 4) is 0 Å². The minimum Gasteiger partial charge on any atom is -0.274 e. The van der Waals surface area contributed by atoms with Gasteiger partial charge in [-0.05, 0) is 97.7 Å². The SMILES string of the molecule is Cc1ccc(N2C(=O)[C@@H]3[C@H]4C=C[C@@H](C5=C(c6ccccc6)C[C@H]6C(=O)N(c7ccc(C)c(C)c7)C(=O)[C@H]6[C@H]54)[C@H]3C2=O)cc1C. The van der Waals surface area contributed by atoms with Gasteiger partial charge < -0.3 is 0 Å². The maximum absolute atomic E-state index is 14.4. The van der Waals surface area contributed by atoms with Gasteiger partial charge in [0.1, 0.15) is 0 Å². The molecule has 2 saturated heterocycles. The van der Waals surface area contributed by atoms with Gasteiger partial charge in [-0.25, -0.2) is 4.90 Å². The molecule has 3 aromatic rings. The first-order valence-corrected chi connectivity index (χ1v) is 15.5. The van der Waals surface area contributed by atoms with Crippen LogP contribution in [0.25, 0.3) is 5.57 Å². The lowest BCUT2D eigenvalue weighted by Gasteiger charge is -2.51. The first-order chi connectivity index (χ1) is 21.2. The van der Waals surface area contributed by atoms with Gasteiger partial charge in [-0.15, -0.1) is 0 Å². The number of allylic oxidation sites excluding steroid dienone is 4. The number of imide groups is 2. The van der Waals surface area contributed by atoms with E-state index >= 15 is 0 Å². The van der Waals surface area contributed by atoms with Crippen LogP contribution in [0.2, 0.25) is 0 Å². The van der Waals surface area contributed by atoms with E-state index in [1.165, 1.54) is 9.80 Å². The van der Waals surface area contributed by atoms with Crippen molar-refractivity contribution in [3.05, 3.63) is 112 Å². The van der Waals surface area contributed by atoms with Crippen LogP contribution in [0, 0.1) is 69.1 Å². The summed E-state index contributed by atoms with van der Waals surface area (Å²) >= 11 is 0. The Morgan fingerprint density at radius 1 is 0.568 bits per heavy atom. The summed E-state index contributed by atoms with van der Waals surface area (Å²) in [4.78, 5) is 59.8. The number of amides is 4. The number of hydrogen-bond donors (Lipinski definition) is 0. The van der Waals surface area contributed by atoms with Crippen LogP contribution in [0.4, 0.5) is 11.4 Å². The van der Waals surface area contributed by atoms with E-state index in [1.807, 2.05) is 82.3 Å². The Bertz CT molecular complexity index is 1870. The van der Waals surface area contributed by atoms with Gasteiger partial charge in [0, 0.05) is 11.8 Å². The molecule has 0 unspecified atom stereocenters. The van der Waals surface area contributed by atoms with Gasteiger partial charge in [-0.3, -0.25) is 24.1 Å². The molecule has 44 heavy (non-hydrogen) atoms. The summed E-state index contributed by atoms with van der Waals surface area (Å²) in [5, 5.41) is 0. The third-order valence-electron chi connectivity index (χ3n) is 11.1. The Kier molecular flexibility index (Phi) is 5.80. The van der Waals surface area contributed by atoms with Gasteiger partial charge in [0.15, 0.2) is 0 Å². The topological polar surface area (TPSA) is 74.8 Å². The molecule has 6 nitrogen and oxygen atoms in total. The monoisotopic (exact) mass is 582 g/mol. The molecule has 2 aliphatic heterocycles. The highest BCUT2D eigenvalue weighted by atomic mass is 16.2. The lowest BCUT2D eigenvalue weighted by atomic mass is 9.49. The molecule has 4 amide bonds. The molecule has 0 radical (unpaired) electrons. The summed E-state index contributed by atoms with van der Waals surface area (Å²) in [6.07, 6.45) is 4.60. The van der Waals surface area contributed by atoms with E-state index in [9.17, 15) is 19.2 Å². The third kappa shape index (κ3) is 3.54. The molecule has 9 rings (SSSR count). The number of carbonyl (C=O) groups is 4. The summed E-state index contributed by atoms with van der Waals surface area (Å²) < 4.78 is 0. The fourth-order valence-electron chi connectivity index (χ4n) is 8.75. The van der Waals surface area contributed by atoms with E-state index in [-0.39, 0.29) is 41.4 Å². The van der Waals surface area contributed by atoms with Gasteiger partial charge in [0.2, 0.25) is 23.6 Å². The average Bonchev–Trinajstić information content (AvgIpc) is 3.45. The van der Waals surface area contributed by atoms with Crippen molar-refractivity contribution >= 4 is 40.6 Å². The van der Waals surface area contributed by atoms with E-state index in [0.29, 0.717) is 17.8 Å². The summed E-state index contributed by atoms with van der Waals surface area (Å²) in [6, 6.07) is 21.5. The second-order valence-electron chi connectivity index (χ2n) is 13.3. The molecule has 0 N–H and O–H groups in total. The fourth-order valence-corrected chi connectivity index (χ4v) is 8.75. The van der Waals surface area contributed by atoms with Crippen molar-refractivity contribution in [2.45, 2.75) is 34.1 Å². The molecular weight excluding hydrogens is 548 g/mol. The third-order valence-corrected chi connectivity index (χ3v) is 11.1. The van der Waals surface area contributed by atoms with E-state index in [0.717, 1.165) is 39.0 Å². The molecule has 3 fully saturated rings. The van der Waals surface area contributed by atoms with E-state index < -0.39 is 23.7 Å². The zero-order valence-electron chi connectivity index (χ0n) is 25.3. The van der Waals surface area contributed by atoms with Crippen molar-refractivity contribution in [1.29, 1.82) is 0 Å². The Hall–Kier alpha value is -4.58. The highest BCUT2D eigenvalue weighted by Crippen LogP contribution is 2.63. The van der Waals surface area contributed by atoms with Gasteiger partial charge in [0.25, 0.3) is 0 Å². The molecule has 1 saturated carbocycles. The molecule has 220 valence electrons. The zero-order valence-corrected chi connectivity index (χ0v) is 25.3. The van der Waals surface area contributed by atoms with Crippen LogP contribution in [-0.2, 0) is 19.2 Å². The molecule has 2 heterocycles. The fraction of sp³-hybridized carbons (Fsp3) is 0.316. The summed E-state index contributed by atoms with van der Waals surface area (Å²) in [5.41, 5.74) is 8.55. The molecule has 7 atom stereocenters. The number of anilines is 2. The Balaban J connectivity index is 1.28. The highest BCUT2D eigenvalue weighted by Gasteiger charge is 2.67. The zero-order chi connectivity index (χ0) is 30.6. The van der Waals surface area contributed by atoms with E-state index in [1.54, 1.807) is 0 Å². The quantitative estimate of drug-likeness (QED) is 0.276. The number of carbonyl (C=O) groups excluding carboxylic acids is 4. The highest BCUT2D eigenvalue weighted by molar-refractivity contribution is 6.24. The van der Waals surface area contributed by atoms with Gasteiger partial charge in [0.05, 0.1) is 35.0 Å². The van der Waals surface area contributed by atoms with Crippen LogP contribution in [0.5, 0.6) is 0 Å². The van der Waals surface area contributed by atoms with Gasteiger partial charge in [-0.1, -0.05) is 60.2 Å². The maximum Gasteiger partial charge on any atom is 0.238 e. The van der Waals surface area contributed by atoms with Crippen LogP contribution < -0.4 is 9.80 Å². The second kappa shape index (κ2) is 9.46. The molecule has 2 bridgehead atoms. The lowest BCUT2D eigenvalue weighted by molar-refractivity contribution is -0.129. The predicted octanol–water partition coefficient (Wildman–Crippen LogP) is 6.12. The molecule has 0 spiro atoms. The number of nitrogens with zero attached hydrogens (tertiary/aromatic N) is 2. The predicted molar refractivity (Wildman–Crippen MR) is 168 cm³/mol. The average molecular weight is 583 g/mol. The van der Waals surface area contributed by atoms with E-state index in [4.69, 9.17) is 0 Å². The van der Waals surface area contributed by atoms with Crippen molar-refractivity contribution in [2.24, 2.45) is 41.4 Å². The van der Waals surface area contributed by atoms with Crippen molar-refractivity contribution < 1.29 is 19.2 Å². The number of aryl methyl sites for hydroxylation is 4. The maximum atomic E-state index is 14.4. The molecule has 4 aliphatic carbocycles. The van der Waals surface area contributed by atoms with Crippen molar-refractivity contribution in [2.75, 3.05) is 9.80 Å². The summed E-state index contributed by atoms with van der Waals surface area (Å²) in [7, 11) is 0. The van der Waals surface area contributed by atoms with Gasteiger partial charge >= 0.3 is 0 Å². The number of fused-ring (bicyclic) bond motifs is 1. The van der Waals surface area contributed by atoms with Crippen LogP contribution >= 0.6 is 0 Å². The molecular formula is C38H34N2O4. The number of benzene rings is 3. The Labute approximate surface area is 257 Å². The first kappa shape index (κ1) is 27.0. The number of hydrogen-bond acceptors (Lipinski definition) is 4. The Morgan fingerprint density at radius 2 is 1.14 bits per heavy atom. The first-order valence-electron chi connectivity index (χ1n) is 15.5. The molecule has 0 aromatic heterocycles. The summed E-state index contributed by atoms with van der Waals surface area (Å²) in [5.74, 6) is -3.93. The lowest BCUT2D eigenvalue weighted by Crippen LogP contribution is -2.51. The normalized spacial score (nSPS) is 30.3. The van der Waals surface area contributed by atoms with Crippen molar-refractivity contribution in [3.63, 3.8) is 0 Å². The minimum atomic E-state index is -0.580.